The number of carboxylic acid groups (broad SMARTS) is 1. The van der Waals surface area contributed by atoms with Crippen LogP contribution in [0.4, 0.5) is 0 Å². The number of aromatic nitrogens is 1. The summed E-state index contributed by atoms with van der Waals surface area (Å²) in [6.07, 6.45) is 0.909. The Labute approximate surface area is 122 Å². The predicted molar refractivity (Wildman–Crippen MR) is 73.6 cm³/mol. The van der Waals surface area contributed by atoms with E-state index in [9.17, 15) is 9.59 Å². The van der Waals surface area contributed by atoms with Gasteiger partial charge in [0.1, 0.15) is 6.04 Å². The first kappa shape index (κ1) is 16.5. The third-order valence-electron chi connectivity index (χ3n) is 2.88. The van der Waals surface area contributed by atoms with E-state index >= 15 is 0 Å². The average molecular weight is 303 g/mol. The molecule has 1 aromatic rings. The first-order valence-electron chi connectivity index (χ1n) is 6.44. The molecule has 1 heterocycles. The summed E-state index contributed by atoms with van der Waals surface area (Å²) in [6.45, 7) is 5.55. The van der Waals surface area contributed by atoms with Crippen LogP contribution in [0, 0.1) is 12.8 Å². The summed E-state index contributed by atoms with van der Waals surface area (Å²) in [5.74, 6) is -1.16. The van der Waals surface area contributed by atoms with Crippen molar-refractivity contribution in [2.24, 2.45) is 5.92 Å². The lowest BCUT2D eigenvalue weighted by atomic mass is 10.0. The molecule has 0 spiro atoms. The van der Waals surface area contributed by atoms with E-state index in [-0.39, 0.29) is 23.5 Å². The lowest BCUT2D eigenvalue weighted by Gasteiger charge is -2.16. The Hall–Kier alpha value is -1.56. The molecule has 6 nitrogen and oxygen atoms in total. The zero-order chi connectivity index (χ0) is 15.3. The van der Waals surface area contributed by atoms with Gasteiger partial charge in [0.15, 0.2) is 0 Å². The molecule has 0 bridgehead atoms. The predicted octanol–water partition coefficient (Wildman–Crippen LogP) is 2.18. The van der Waals surface area contributed by atoms with Crippen molar-refractivity contribution in [3.8, 4) is 0 Å². The lowest BCUT2D eigenvalue weighted by Crippen LogP contribution is -2.41. The van der Waals surface area contributed by atoms with Gasteiger partial charge < -0.3 is 14.9 Å². The van der Waals surface area contributed by atoms with E-state index in [0.29, 0.717) is 24.1 Å². The van der Waals surface area contributed by atoms with Crippen molar-refractivity contribution in [2.75, 3.05) is 0 Å². The molecule has 1 aromatic heterocycles. The van der Waals surface area contributed by atoms with Crippen LogP contribution in [-0.2, 0) is 16.0 Å². The highest BCUT2D eigenvalue weighted by Crippen LogP contribution is 2.20. The molecular formula is C13H19ClN2O4. The molecule has 0 saturated heterocycles. The number of aliphatic carboxylic acids is 1. The number of nitrogens with zero attached hydrogens (tertiary/aromatic N) is 1. The van der Waals surface area contributed by atoms with Crippen molar-refractivity contribution in [3.05, 3.63) is 16.5 Å². The summed E-state index contributed by atoms with van der Waals surface area (Å²) in [4.78, 5) is 22.8. The smallest absolute Gasteiger partial charge is 0.326 e. The van der Waals surface area contributed by atoms with Gasteiger partial charge >= 0.3 is 5.97 Å². The van der Waals surface area contributed by atoms with Gasteiger partial charge in [-0.15, -0.1) is 0 Å². The molecule has 7 heteroatoms. The number of rotatable bonds is 7. The van der Waals surface area contributed by atoms with Crippen LogP contribution in [0.5, 0.6) is 0 Å². The van der Waals surface area contributed by atoms with Crippen molar-refractivity contribution in [1.29, 1.82) is 0 Å². The highest BCUT2D eigenvalue weighted by molar-refractivity contribution is 6.29. The Kier molecular flexibility index (Phi) is 6.01. The van der Waals surface area contributed by atoms with E-state index in [2.05, 4.69) is 10.5 Å². The van der Waals surface area contributed by atoms with Crippen molar-refractivity contribution in [3.63, 3.8) is 0 Å². The van der Waals surface area contributed by atoms with Crippen molar-refractivity contribution in [1.82, 2.24) is 10.5 Å². The Balaban J connectivity index is 2.52. The quantitative estimate of drug-likeness (QED) is 0.805. The Bertz CT molecular complexity index is 465. The molecule has 1 rings (SSSR count). The summed E-state index contributed by atoms with van der Waals surface area (Å²) in [7, 11) is 0. The van der Waals surface area contributed by atoms with Gasteiger partial charge in [-0.3, -0.25) is 4.79 Å². The van der Waals surface area contributed by atoms with Crippen molar-refractivity contribution in [2.45, 2.75) is 46.1 Å². The third kappa shape index (κ3) is 4.85. The fraction of sp³-hybridized carbons (Fsp3) is 0.615. The fourth-order valence-corrected chi connectivity index (χ4v) is 2.10. The largest absolute Gasteiger partial charge is 0.480 e. The molecule has 20 heavy (non-hydrogen) atoms. The SMILES string of the molecule is Cc1noc(Cl)c1CCC(=O)NC(CC(C)C)C(=O)O. The van der Waals surface area contributed by atoms with Crippen LogP contribution in [0.1, 0.15) is 37.9 Å². The summed E-state index contributed by atoms with van der Waals surface area (Å²) in [5, 5.41) is 15.4. The van der Waals surface area contributed by atoms with Crippen LogP contribution < -0.4 is 5.32 Å². The van der Waals surface area contributed by atoms with Crippen LogP contribution in [0.3, 0.4) is 0 Å². The summed E-state index contributed by atoms with van der Waals surface area (Å²) >= 11 is 5.80. The zero-order valence-electron chi connectivity index (χ0n) is 11.8. The average Bonchev–Trinajstić information content (AvgIpc) is 2.65. The van der Waals surface area contributed by atoms with Crippen LogP contribution in [-0.4, -0.2) is 28.2 Å². The normalized spacial score (nSPS) is 12.4. The van der Waals surface area contributed by atoms with E-state index < -0.39 is 12.0 Å². The van der Waals surface area contributed by atoms with E-state index in [1.165, 1.54) is 0 Å². The zero-order valence-corrected chi connectivity index (χ0v) is 12.5. The Morgan fingerprint density at radius 3 is 2.55 bits per heavy atom. The highest BCUT2D eigenvalue weighted by Gasteiger charge is 2.21. The maximum atomic E-state index is 11.8. The number of aryl methyl sites for hydroxylation is 1. The number of carbonyl (C=O) groups is 2. The van der Waals surface area contributed by atoms with E-state index in [4.69, 9.17) is 21.2 Å². The standard InChI is InChI=1S/C13H19ClN2O4/c1-7(2)6-10(13(18)19)15-11(17)5-4-9-8(3)16-20-12(9)14/h7,10H,4-6H2,1-3H3,(H,15,17)(H,18,19). The molecule has 1 atom stereocenters. The van der Waals surface area contributed by atoms with Gasteiger partial charge in [0.05, 0.1) is 5.69 Å². The third-order valence-corrected chi connectivity index (χ3v) is 3.18. The van der Waals surface area contributed by atoms with E-state index in [1.807, 2.05) is 13.8 Å². The van der Waals surface area contributed by atoms with Crippen LogP contribution in [0.15, 0.2) is 4.52 Å². The first-order valence-corrected chi connectivity index (χ1v) is 6.81. The van der Waals surface area contributed by atoms with Gasteiger partial charge in [-0.05, 0) is 37.3 Å². The monoisotopic (exact) mass is 302 g/mol. The van der Waals surface area contributed by atoms with Gasteiger partial charge in [-0.1, -0.05) is 19.0 Å². The molecule has 0 aliphatic rings. The number of halogens is 1. The second kappa shape index (κ2) is 7.28. The van der Waals surface area contributed by atoms with Crippen LogP contribution in [0.2, 0.25) is 5.22 Å². The van der Waals surface area contributed by atoms with Gasteiger partial charge in [0, 0.05) is 12.0 Å². The van der Waals surface area contributed by atoms with E-state index in [0.717, 1.165) is 0 Å². The maximum absolute atomic E-state index is 11.8. The molecule has 2 N–H and O–H groups in total. The van der Waals surface area contributed by atoms with Crippen LogP contribution in [0.25, 0.3) is 0 Å². The molecule has 0 radical (unpaired) electrons. The van der Waals surface area contributed by atoms with Crippen molar-refractivity contribution < 1.29 is 19.2 Å². The van der Waals surface area contributed by atoms with Gasteiger partial charge in [0.2, 0.25) is 11.1 Å². The number of hydrogen-bond acceptors (Lipinski definition) is 4. The minimum Gasteiger partial charge on any atom is -0.480 e. The lowest BCUT2D eigenvalue weighted by molar-refractivity contribution is -0.142. The summed E-state index contributed by atoms with van der Waals surface area (Å²) in [6, 6.07) is -0.860. The first-order chi connectivity index (χ1) is 9.31. The minimum atomic E-state index is -1.02. The molecule has 0 aliphatic heterocycles. The number of nitrogens with one attached hydrogen (secondary N) is 1. The molecular weight excluding hydrogens is 284 g/mol. The highest BCUT2D eigenvalue weighted by atomic mass is 35.5. The second-order valence-corrected chi connectivity index (χ2v) is 5.45. The number of carbonyl (C=O) groups excluding carboxylic acids is 1. The summed E-state index contributed by atoms with van der Waals surface area (Å²) < 4.78 is 4.79. The molecule has 0 aromatic carbocycles. The molecule has 1 unspecified atom stereocenters. The number of amides is 1. The van der Waals surface area contributed by atoms with Gasteiger partial charge in [-0.2, -0.15) is 0 Å². The molecule has 1 amide bonds. The van der Waals surface area contributed by atoms with Gasteiger partial charge in [0.25, 0.3) is 0 Å². The summed E-state index contributed by atoms with van der Waals surface area (Å²) in [5.41, 5.74) is 1.32. The number of hydrogen-bond donors (Lipinski definition) is 2. The Morgan fingerprint density at radius 2 is 2.10 bits per heavy atom. The minimum absolute atomic E-state index is 0.143. The molecule has 0 fully saturated rings. The molecule has 0 saturated carbocycles. The van der Waals surface area contributed by atoms with E-state index in [1.54, 1.807) is 6.92 Å². The molecule has 112 valence electrons. The number of carboxylic acids is 1. The molecule has 0 aliphatic carbocycles. The van der Waals surface area contributed by atoms with Crippen LogP contribution >= 0.6 is 11.6 Å². The second-order valence-electron chi connectivity index (χ2n) is 5.11. The maximum Gasteiger partial charge on any atom is 0.326 e. The van der Waals surface area contributed by atoms with Crippen molar-refractivity contribution >= 4 is 23.5 Å². The fourth-order valence-electron chi connectivity index (χ4n) is 1.84. The Morgan fingerprint density at radius 1 is 1.45 bits per heavy atom. The van der Waals surface area contributed by atoms with Gasteiger partial charge in [-0.25, -0.2) is 4.79 Å². The topological polar surface area (TPSA) is 92.4 Å².